The zero-order valence-electron chi connectivity index (χ0n) is 10.7. The highest BCUT2D eigenvalue weighted by Gasteiger charge is 2.13. The van der Waals surface area contributed by atoms with Crippen LogP contribution in [0.2, 0.25) is 5.02 Å². The lowest BCUT2D eigenvalue weighted by Gasteiger charge is -2.15. The van der Waals surface area contributed by atoms with Gasteiger partial charge in [-0.1, -0.05) is 49.9 Å². The fourth-order valence-corrected chi connectivity index (χ4v) is 2.24. The summed E-state index contributed by atoms with van der Waals surface area (Å²) in [4.78, 5) is 11.3. The van der Waals surface area contributed by atoms with E-state index in [4.69, 9.17) is 11.6 Å². The molecule has 0 aliphatic heterocycles. The van der Waals surface area contributed by atoms with E-state index in [1.165, 1.54) is 24.8 Å². The third-order valence-electron chi connectivity index (χ3n) is 3.03. The topological polar surface area (TPSA) is 17.1 Å². The highest BCUT2D eigenvalue weighted by Crippen LogP contribution is 2.27. The van der Waals surface area contributed by atoms with Crippen LogP contribution in [0.4, 0.5) is 0 Å². The van der Waals surface area contributed by atoms with Gasteiger partial charge in [0.25, 0.3) is 0 Å². The number of halogens is 1. The molecule has 0 heterocycles. The van der Waals surface area contributed by atoms with Crippen molar-refractivity contribution >= 4 is 17.4 Å². The summed E-state index contributed by atoms with van der Waals surface area (Å²) in [6.07, 6.45) is 5.38. The maximum absolute atomic E-state index is 11.3. The van der Waals surface area contributed by atoms with Crippen LogP contribution in [0.15, 0.2) is 24.3 Å². The number of carbonyl (C=O) groups is 1. The number of ketones is 1. The fraction of sp³-hybridized carbons (Fsp3) is 0.533. The van der Waals surface area contributed by atoms with Gasteiger partial charge < -0.3 is 4.79 Å². The van der Waals surface area contributed by atoms with Gasteiger partial charge in [0.05, 0.1) is 0 Å². The van der Waals surface area contributed by atoms with E-state index in [9.17, 15) is 4.79 Å². The Morgan fingerprint density at radius 1 is 1.24 bits per heavy atom. The molecule has 0 spiro atoms. The first-order chi connectivity index (χ1) is 8.13. The molecule has 0 aromatic heterocycles. The molecule has 0 aliphatic rings. The Balaban J connectivity index is 2.67. The second-order valence-corrected chi connectivity index (χ2v) is 5.09. The number of hydrogen-bond donors (Lipinski definition) is 0. The summed E-state index contributed by atoms with van der Waals surface area (Å²) in [5.74, 6) is 0.623. The summed E-state index contributed by atoms with van der Waals surface area (Å²) in [6.45, 7) is 3.87. The van der Waals surface area contributed by atoms with E-state index in [0.717, 1.165) is 11.4 Å². The zero-order valence-corrected chi connectivity index (χ0v) is 11.5. The van der Waals surface area contributed by atoms with Gasteiger partial charge in [0, 0.05) is 11.4 Å². The molecule has 0 fully saturated rings. The van der Waals surface area contributed by atoms with Gasteiger partial charge in [-0.05, 0) is 37.0 Å². The third kappa shape index (κ3) is 5.36. The zero-order chi connectivity index (χ0) is 12.7. The van der Waals surface area contributed by atoms with Crippen LogP contribution in [0.25, 0.3) is 0 Å². The van der Waals surface area contributed by atoms with Crippen molar-refractivity contribution in [2.45, 2.75) is 51.9 Å². The molecule has 17 heavy (non-hydrogen) atoms. The van der Waals surface area contributed by atoms with Gasteiger partial charge in [0.2, 0.25) is 0 Å². The minimum Gasteiger partial charge on any atom is -0.300 e. The third-order valence-corrected chi connectivity index (χ3v) is 3.28. The van der Waals surface area contributed by atoms with Crippen molar-refractivity contribution in [2.75, 3.05) is 0 Å². The van der Waals surface area contributed by atoms with Crippen LogP contribution in [0.5, 0.6) is 0 Å². The lowest BCUT2D eigenvalue weighted by atomic mass is 9.89. The average molecular weight is 253 g/mol. The Hall–Kier alpha value is -0.820. The second-order valence-electron chi connectivity index (χ2n) is 4.65. The molecule has 94 valence electrons. The first kappa shape index (κ1) is 14.2. The molecule has 0 amide bonds. The van der Waals surface area contributed by atoms with Gasteiger partial charge in [-0.15, -0.1) is 0 Å². The van der Waals surface area contributed by atoms with E-state index < -0.39 is 0 Å². The minimum absolute atomic E-state index is 0.265. The van der Waals surface area contributed by atoms with Gasteiger partial charge >= 0.3 is 0 Å². The summed E-state index contributed by atoms with van der Waals surface area (Å²) in [6, 6.07) is 7.90. The van der Waals surface area contributed by atoms with Crippen LogP contribution in [-0.2, 0) is 4.79 Å². The molecule has 1 rings (SSSR count). The van der Waals surface area contributed by atoms with Crippen molar-refractivity contribution in [3.05, 3.63) is 34.9 Å². The second kappa shape index (κ2) is 7.50. The first-order valence-corrected chi connectivity index (χ1v) is 6.76. The molecule has 2 heteroatoms. The van der Waals surface area contributed by atoms with Crippen LogP contribution in [0, 0.1) is 0 Å². The molecular formula is C15H21ClO. The Bertz CT molecular complexity index is 342. The summed E-state index contributed by atoms with van der Waals surface area (Å²) in [7, 11) is 0. The first-order valence-electron chi connectivity index (χ1n) is 6.38. The Morgan fingerprint density at radius 2 is 1.88 bits per heavy atom. The van der Waals surface area contributed by atoms with Crippen LogP contribution in [0.3, 0.4) is 0 Å². The highest BCUT2D eigenvalue weighted by molar-refractivity contribution is 6.30. The van der Waals surface area contributed by atoms with Crippen LogP contribution >= 0.6 is 11.6 Å². The van der Waals surface area contributed by atoms with Crippen LogP contribution < -0.4 is 0 Å². The van der Waals surface area contributed by atoms with Gasteiger partial charge in [-0.3, -0.25) is 0 Å². The summed E-state index contributed by atoms with van der Waals surface area (Å²) in [5.41, 5.74) is 1.24. The largest absolute Gasteiger partial charge is 0.300 e. The lowest BCUT2D eigenvalue weighted by Crippen LogP contribution is -2.04. The molecular weight excluding hydrogens is 232 g/mol. The lowest BCUT2D eigenvalue weighted by molar-refractivity contribution is -0.117. The highest BCUT2D eigenvalue weighted by atomic mass is 35.5. The maximum Gasteiger partial charge on any atom is 0.130 e. The molecule has 1 atom stereocenters. The van der Waals surface area contributed by atoms with Gasteiger partial charge in [0.1, 0.15) is 5.78 Å². The molecule has 0 aliphatic carbocycles. The van der Waals surface area contributed by atoms with Crippen molar-refractivity contribution in [1.29, 1.82) is 0 Å². The number of rotatable bonds is 7. The molecule has 1 nitrogen and oxygen atoms in total. The Kier molecular flexibility index (Phi) is 6.28. The normalized spacial score (nSPS) is 12.4. The molecule has 1 unspecified atom stereocenters. The van der Waals surface area contributed by atoms with Crippen molar-refractivity contribution in [1.82, 2.24) is 0 Å². The van der Waals surface area contributed by atoms with Gasteiger partial charge in [-0.2, -0.15) is 0 Å². The van der Waals surface area contributed by atoms with E-state index in [2.05, 4.69) is 6.92 Å². The van der Waals surface area contributed by atoms with Gasteiger partial charge in [0.15, 0.2) is 0 Å². The smallest absolute Gasteiger partial charge is 0.130 e. The predicted octanol–water partition coefficient (Wildman–Crippen LogP) is 4.98. The SMILES string of the molecule is CCCCCC(CC(C)=O)c1ccc(Cl)cc1. The summed E-state index contributed by atoms with van der Waals surface area (Å²) < 4.78 is 0. The van der Waals surface area contributed by atoms with E-state index in [1.807, 2.05) is 24.3 Å². The molecule has 0 saturated heterocycles. The van der Waals surface area contributed by atoms with Crippen molar-refractivity contribution in [2.24, 2.45) is 0 Å². The molecule has 0 radical (unpaired) electrons. The Labute approximate surface area is 109 Å². The monoisotopic (exact) mass is 252 g/mol. The molecule has 1 aromatic rings. The molecule has 0 saturated carbocycles. The number of benzene rings is 1. The number of hydrogen-bond acceptors (Lipinski definition) is 1. The van der Waals surface area contributed by atoms with Crippen LogP contribution in [-0.4, -0.2) is 5.78 Å². The average Bonchev–Trinajstić information content (AvgIpc) is 2.28. The number of carbonyl (C=O) groups excluding carboxylic acids is 1. The van der Waals surface area contributed by atoms with E-state index in [-0.39, 0.29) is 5.78 Å². The quantitative estimate of drug-likeness (QED) is 0.626. The maximum atomic E-state index is 11.3. The van der Waals surface area contributed by atoms with Gasteiger partial charge in [-0.25, -0.2) is 0 Å². The summed E-state index contributed by atoms with van der Waals surface area (Å²) in [5, 5.41) is 0.754. The van der Waals surface area contributed by atoms with Crippen LogP contribution in [0.1, 0.15) is 57.4 Å². The van der Waals surface area contributed by atoms with E-state index in [0.29, 0.717) is 12.3 Å². The minimum atomic E-state index is 0.265. The molecule has 0 N–H and O–H groups in total. The number of unbranched alkanes of at least 4 members (excludes halogenated alkanes) is 2. The predicted molar refractivity (Wildman–Crippen MR) is 73.6 cm³/mol. The fourth-order valence-electron chi connectivity index (χ4n) is 2.11. The Morgan fingerprint density at radius 3 is 2.41 bits per heavy atom. The summed E-state index contributed by atoms with van der Waals surface area (Å²) >= 11 is 5.88. The molecule has 1 aromatic carbocycles. The molecule has 0 bridgehead atoms. The van der Waals surface area contributed by atoms with Crippen molar-refractivity contribution in [3.8, 4) is 0 Å². The number of Topliss-reactive ketones (excluding diaryl/α,β-unsaturated/α-hetero) is 1. The van der Waals surface area contributed by atoms with Crippen molar-refractivity contribution in [3.63, 3.8) is 0 Å². The van der Waals surface area contributed by atoms with E-state index in [1.54, 1.807) is 6.92 Å². The van der Waals surface area contributed by atoms with Crippen molar-refractivity contribution < 1.29 is 4.79 Å². The van der Waals surface area contributed by atoms with E-state index >= 15 is 0 Å². The standard InChI is InChI=1S/C15H21ClO/c1-3-4-5-6-14(11-12(2)17)13-7-9-15(16)10-8-13/h7-10,14H,3-6,11H2,1-2H3.